The average molecular weight is 160 g/mol. The van der Waals surface area contributed by atoms with Crippen LogP contribution >= 0.6 is 0 Å². The van der Waals surface area contributed by atoms with Gasteiger partial charge in [0.1, 0.15) is 6.61 Å². The lowest BCUT2D eigenvalue weighted by atomic mass is 10.2. The molecule has 2 rings (SSSR count). The first-order valence-electron chi connectivity index (χ1n) is 3.73. The number of hydrogen-bond donors (Lipinski definition) is 1. The summed E-state index contributed by atoms with van der Waals surface area (Å²) in [7, 11) is 0. The molecule has 0 unspecified atom stereocenters. The van der Waals surface area contributed by atoms with Crippen molar-refractivity contribution in [3.63, 3.8) is 0 Å². The van der Waals surface area contributed by atoms with Crippen LogP contribution < -0.4 is 10.1 Å². The van der Waals surface area contributed by atoms with Crippen molar-refractivity contribution in [2.24, 2.45) is 0 Å². The van der Waals surface area contributed by atoms with Crippen LogP contribution in [0.2, 0.25) is 0 Å². The number of nitrogens with one attached hydrogen (secondary N) is 1. The van der Waals surface area contributed by atoms with E-state index in [1.807, 2.05) is 6.07 Å². The standard InChI is InChI=1S/C9H8N2O/c1-2-7-5-8-9(11-6-7)12-4-3-10-8/h1,5-6,10H,3-4H2. The van der Waals surface area contributed by atoms with Crippen LogP contribution in [0.3, 0.4) is 0 Å². The fraction of sp³-hybridized carbons (Fsp3) is 0.222. The van der Waals surface area contributed by atoms with Gasteiger partial charge in [-0.15, -0.1) is 6.42 Å². The maximum Gasteiger partial charge on any atom is 0.237 e. The third-order valence-corrected chi connectivity index (χ3v) is 1.67. The van der Waals surface area contributed by atoms with E-state index in [2.05, 4.69) is 16.2 Å². The largest absolute Gasteiger partial charge is 0.474 e. The lowest BCUT2D eigenvalue weighted by molar-refractivity contribution is 0.310. The van der Waals surface area contributed by atoms with Crippen LogP contribution in [0.15, 0.2) is 12.3 Å². The number of anilines is 1. The number of rotatable bonds is 0. The highest BCUT2D eigenvalue weighted by Crippen LogP contribution is 2.24. The summed E-state index contributed by atoms with van der Waals surface area (Å²) in [5.41, 5.74) is 1.66. The normalized spacial score (nSPS) is 13.6. The van der Waals surface area contributed by atoms with E-state index in [0.717, 1.165) is 17.8 Å². The van der Waals surface area contributed by atoms with Crippen molar-refractivity contribution < 1.29 is 4.74 Å². The third kappa shape index (κ3) is 1.08. The van der Waals surface area contributed by atoms with E-state index >= 15 is 0 Å². The summed E-state index contributed by atoms with van der Waals surface area (Å²) in [6, 6.07) is 1.86. The number of terminal acetylenes is 1. The lowest BCUT2D eigenvalue weighted by Crippen LogP contribution is -2.18. The predicted octanol–water partition coefficient (Wildman–Crippen LogP) is 0.867. The molecule has 0 saturated carbocycles. The lowest BCUT2D eigenvalue weighted by Gasteiger charge is -2.17. The second kappa shape index (κ2) is 2.74. The van der Waals surface area contributed by atoms with Crippen molar-refractivity contribution in [1.82, 2.24) is 4.98 Å². The summed E-state index contributed by atoms with van der Waals surface area (Å²) in [5, 5.41) is 3.15. The molecule has 0 fully saturated rings. The molecule has 1 aliphatic rings. The van der Waals surface area contributed by atoms with Gasteiger partial charge >= 0.3 is 0 Å². The van der Waals surface area contributed by atoms with E-state index < -0.39 is 0 Å². The predicted molar refractivity (Wildman–Crippen MR) is 46.2 cm³/mol. The molecule has 1 N–H and O–H groups in total. The van der Waals surface area contributed by atoms with E-state index in [1.54, 1.807) is 6.20 Å². The van der Waals surface area contributed by atoms with Crippen LogP contribution in [-0.2, 0) is 0 Å². The number of hydrogen-bond acceptors (Lipinski definition) is 3. The van der Waals surface area contributed by atoms with Crippen LogP contribution in [0.5, 0.6) is 5.88 Å². The Labute approximate surface area is 70.8 Å². The minimum absolute atomic E-state index is 0.639. The minimum atomic E-state index is 0.639. The Morgan fingerprint density at radius 3 is 3.42 bits per heavy atom. The first-order chi connectivity index (χ1) is 5.90. The summed E-state index contributed by atoms with van der Waals surface area (Å²) in [5.74, 6) is 3.16. The molecule has 1 aromatic heterocycles. The van der Waals surface area contributed by atoms with Gasteiger partial charge in [-0.05, 0) is 6.07 Å². The summed E-state index contributed by atoms with van der Waals surface area (Å²) in [6.07, 6.45) is 6.86. The first kappa shape index (κ1) is 6.99. The maximum absolute atomic E-state index is 5.28. The van der Waals surface area contributed by atoms with Crippen molar-refractivity contribution in [1.29, 1.82) is 0 Å². The van der Waals surface area contributed by atoms with E-state index in [4.69, 9.17) is 11.2 Å². The zero-order chi connectivity index (χ0) is 8.39. The molecule has 12 heavy (non-hydrogen) atoms. The third-order valence-electron chi connectivity index (χ3n) is 1.67. The fourth-order valence-corrected chi connectivity index (χ4v) is 1.11. The van der Waals surface area contributed by atoms with Crippen LogP contribution in [0.1, 0.15) is 5.56 Å². The summed E-state index contributed by atoms with van der Waals surface area (Å²) in [4.78, 5) is 4.06. The van der Waals surface area contributed by atoms with Crippen molar-refractivity contribution in [2.75, 3.05) is 18.5 Å². The Bertz CT molecular complexity index is 341. The quantitative estimate of drug-likeness (QED) is 0.572. The number of aromatic nitrogens is 1. The Kier molecular flexibility index (Phi) is 1.60. The molecule has 1 aliphatic heterocycles. The molecule has 60 valence electrons. The van der Waals surface area contributed by atoms with Gasteiger partial charge in [0, 0.05) is 18.3 Å². The Morgan fingerprint density at radius 2 is 2.58 bits per heavy atom. The molecule has 0 radical (unpaired) electrons. The van der Waals surface area contributed by atoms with Crippen molar-refractivity contribution in [3.05, 3.63) is 17.8 Å². The molecule has 1 aromatic rings. The van der Waals surface area contributed by atoms with Crippen molar-refractivity contribution in [3.8, 4) is 18.2 Å². The highest BCUT2D eigenvalue weighted by Gasteiger charge is 2.09. The molecule has 3 heteroatoms. The molecule has 3 nitrogen and oxygen atoms in total. The van der Waals surface area contributed by atoms with Gasteiger partial charge in [-0.1, -0.05) is 5.92 Å². The number of pyridine rings is 1. The fourth-order valence-electron chi connectivity index (χ4n) is 1.11. The van der Waals surface area contributed by atoms with E-state index in [9.17, 15) is 0 Å². The first-order valence-corrected chi connectivity index (χ1v) is 3.73. The van der Waals surface area contributed by atoms with Crippen LogP contribution in [0.4, 0.5) is 5.69 Å². The van der Waals surface area contributed by atoms with Gasteiger partial charge in [0.05, 0.1) is 5.69 Å². The second-order valence-corrected chi connectivity index (χ2v) is 2.50. The molecule has 0 atom stereocenters. The number of nitrogens with zero attached hydrogens (tertiary/aromatic N) is 1. The van der Waals surface area contributed by atoms with Gasteiger partial charge in [-0.2, -0.15) is 0 Å². The van der Waals surface area contributed by atoms with Gasteiger partial charge in [0.2, 0.25) is 5.88 Å². The van der Waals surface area contributed by atoms with E-state index in [0.29, 0.717) is 12.5 Å². The van der Waals surface area contributed by atoms with Crippen molar-refractivity contribution >= 4 is 5.69 Å². The van der Waals surface area contributed by atoms with E-state index in [-0.39, 0.29) is 0 Å². The number of fused-ring (bicyclic) bond motifs is 1. The van der Waals surface area contributed by atoms with Crippen LogP contribution in [-0.4, -0.2) is 18.1 Å². The molecule has 0 aliphatic carbocycles. The molecule has 0 aromatic carbocycles. The average Bonchev–Trinajstić information content (AvgIpc) is 2.17. The Balaban J connectivity index is 2.44. The van der Waals surface area contributed by atoms with Gasteiger partial charge in [-0.3, -0.25) is 0 Å². The highest BCUT2D eigenvalue weighted by molar-refractivity contribution is 5.57. The summed E-state index contributed by atoms with van der Waals surface area (Å²) >= 11 is 0. The monoisotopic (exact) mass is 160 g/mol. The molecule has 0 amide bonds. The summed E-state index contributed by atoms with van der Waals surface area (Å²) in [6.45, 7) is 1.47. The topological polar surface area (TPSA) is 34.2 Å². The maximum atomic E-state index is 5.28. The van der Waals surface area contributed by atoms with Crippen LogP contribution in [0.25, 0.3) is 0 Å². The highest BCUT2D eigenvalue weighted by atomic mass is 16.5. The Morgan fingerprint density at radius 1 is 1.67 bits per heavy atom. The zero-order valence-corrected chi connectivity index (χ0v) is 6.50. The Hall–Kier alpha value is -1.69. The minimum Gasteiger partial charge on any atom is -0.474 e. The molecule has 0 bridgehead atoms. The molecule has 2 heterocycles. The SMILES string of the molecule is C#Cc1cnc2c(c1)NCCO2. The second-order valence-electron chi connectivity index (χ2n) is 2.50. The molecular weight excluding hydrogens is 152 g/mol. The van der Waals surface area contributed by atoms with Gasteiger partial charge in [0.25, 0.3) is 0 Å². The summed E-state index contributed by atoms with van der Waals surface area (Å²) < 4.78 is 5.28. The van der Waals surface area contributed by atoms with Gasteiger partial charge < -0.3 is 10.1 Å². The van der Waals surface area contributed by atoms with Gasteiger partial charge in [-0.25, -0.2) is 4.98 Å². The molecule has 0 spiro atoms. The number of ether oxygens (including phenoxy) is 1. The molecule has 0 saturated heterocycles. The molecular formula is C9H8N2O. The van der Waals surface area contributed by atoms with E-state index in [1.165, 1.54) is 0 Å². The smallest absolute Gasteiger partial charge is 0.237 e. The van der Waals surface area contributed by atoms with Gasteiger partial charge in [0.15, 0.2) is 0 Å². The van der Waals surface area contributed by atoms with Crippen LogP contribution in [0, 0.1) is 12.3 Å². The van der Waals surface area contributed by atoms with Crippen molar-refractivity contribution in [2.45, 2.75) is 0 Å². The zero-order valence-electron chi connectivity index (χ0n) is 6.50.